The molecule has 0 saturated heterocycles. The van der Waals surface area contributed by atoms with Crippen LogP contribution >= 0.6 is 0 Å². The molecule has 2 aromatic rings. The first kappa shape index (κ1) is 9.06. The monoisotopic (exact) mass is 196 g/mol. The van der Waals surface area contributed by atoms with Crippen LogP contribution in [0.25, 0.3) is 10.8 Å². The van der Waals surface area contributed by atoms with E-state index in [1.807, 2.05) is 0 Å². The predicted octanol–water partition coefficient (Wildman–Crippen LogP) is 3.57. The summed E-state index contributed by atoms with van der Waals surface area (Å²) in [5, 5.41) is 0.482. The predicted molar refractivity (Wildman–Crippen MR) is 48.6 cm³/mol. The lowest BCUT2D eigenvalue weighted by molar-refractivity contribution is 0.453. The van der Waals surface area contributed by atoms with Crippen molar-refractivity contribution in [2.75, 3.05) is 0 Å². The summed E-state index contributed by atoms with van der Waals surface area (Å²) in [6, 6.07) is 5.72. The summed E-state index contributed by atoms with van der Waals surface area (Å²) in [7, 11) is 0. The Kier molecular flexibility index (Phi) is 1.95. The van der Waals surface area contributed by atoms with E-state index >= 15 is 0 Å². The van der Waals surface area contributed by atoms with Gasteiger partial charge in [-0.1, -0.05) is 23.8 Å². The van der Waals surface area contributed by atoms with E-state index in [-0.39, 0.29) is 5.39 Å². The van der Waals surface area contributed by atoms with Gasteiger partial charge >= 0.3 is 0 Å². The quantitative estimate of drug-likeness (QED) is 0.565. The Morgan fingerprint density at radius 3 is 2.36 bits per heavy atom. The number of hydrogen-bond acceptors (Lipinski definition) is 0. The van der Waals surface area contributed by atoms with Crippen LogP contribution in [0.2, 0.25) is 0 Å². The first-order valence-electron chi connectivity index (χ1n) is 4.13. The Bertz CT molecular complexity index is 503. The van der Waals surface area contributed by atoms with E-state index in [0.717, 1.165) is 11.6 Å². The number of rotatable bonds is 0. The van der Waals surface area contributed by atoms with Gasteiger partial charge in [0.15, 0.2) is 17.5 Å². The van der Waals surface area contributed by atoms with Crippen molar-refractivity contribution < 1.29 is 13.2 Å². The fraction of sp³-hybridized carbons (Fsp3) is 0.0909. The Morgan fingerprint density at radius 1 is 0.929 bits per heavy atom. The van der Waals surface area contributed by atoms with Crippen LogP contribution in [-0.2, 0) is 0 Å². The molecule has 0 heterocycles. The van der Waals surface area contributed by atoms with Gasteiger partial charge < -0.3 is 0 Å². The molecule has 14 heavy (non-hydrogen) atoms. The molecule has 72 valence electrons. The molecular formula is C11H7F3. The van der Waals surface area contributed by atoms with Gasteiger partial charge in [0.2, 0.25) is 0 Å². The SMILES string of the molecule is Cc1ccc2c(F)c(F)c(F)cc2c1. The van der Waals surface area contributed by atoms with Gasteiger partial charge in [-0.05, 0) is 18.4 Å². The van der Waals surface area contributed by atoms with Crippen molar-refractivity contribution in [3.05, 3.63) is 47.3 Å². The standard InChI is InChI=1S/C11H7F3/c1-6-2-3-8-7(4-6)5-9(12)11(14)10(8)13/h2-5H,1H3. The average Bonchev–Trinajstić information content (AvgIpc) is 2.14. The lowest BCUT2D eigenvalue weighted by Gasteiger charge is -2.02. The molecule has 0 spiro atoms. The topological polar surface area (TPSA) is 0 Å². The molecule has 2 rings (SSSR count). The van der Waals surface area contributed by atoms with Crippen molar-refractivity contribution in [1.82, 2.24) is 0 Å². The van der Waals surface area contributed by atoms with Crippen molar-refractivity contribution in [1.29, 1.82) is 0 Å². The van der Waals surface area contributed by atoms with E-state index in [0.29, 0.717) is 5.39 Å². The van der Waals surface area contributed by atoms with Crippen LogP contribution in [0.1, 0.15) is 5.56 Å². The van der Waals surface area contributed by atoms with Gasteiger partial charge in [0, 0.05) is 5.39 Å². The molecular weight excluding hydrogens is 189 g/mol. The van der Waals surface area contributed by atoms with Crippen molar-refractivity contribution in [2.24, 2.45) is 0 Å². The van der Waals surface area contributed by atoms with Crippen molar-refractivity contribution in [3.63, 3.8) is 0 Å². The number of fused-ring (bicyclic) bond motifs is 1. The second kappa shape index (κ2) is 3.01. The fourth-order valence-corrected chi connectivity index (χ4v) is 1.42. The summed E-state index contributed by atoms with van der Waals surface area (Å²) in [5.41, 5.74) is 0.878. The molecule has 0 nitrogen and oxygen atoms in total. The van der Waals surface area contributed by atoms with E-state index in [9.17, 15) is 13.2 Å². The third-order valence-corrected chi connectivity index (χ3v) is 2.13. The van der Waals surface area contributed by atoms with Crippen molar-refractivity contribution >= 4 is 10.8 Å². The number of benzene rings is 2. The molecule has 0 unspecified atom stereocenters. The summed E-state index contributed by atoms with van der Waals surface area (Å²) in [5.74, 6) is -3.69. The number of halogens is 3. The Hall–Kier alpha value is -1.51. The molecule has 0 saturated carbocycles. The van der Waals surface area contributed by atoms with Crippen LogP contribution in [0.5, 0.6) is 0 Å². The van der Waals surface area contributed by atoms with E-state index in [4.69, 9.17) is 0 Å². The maximum Gasteiger partial charge on any atom is 0.195 e. The minimum atomic E-state index is -1.42. The third kappa shape index (κ3) is 1.25. The van der Waals surface area contributed by atoms with Crippen LogP contribution in [0.15, 0.2) is 24.3 Å². The van der Waals surface area contributed by atoms with Gasteiger partial charge in [0.25, 0.3) is 0 Å². The lowest BCUT2D eigenvalue weighted by Crippen LogP contribution is -1.92. The van der Waals surface area contributed by atoms with Gasteiger partial charge in [-0.2, -0.15) is 0 Å². The molecule has 0 aliphatic carbocycles. The van der Waals surface area contributed by atoms with Crippen LogP contribution in [0.3, 0.4) is 0 Å². The summed E-state index contributed by atoms with van der Waals surface area (Å²) in [6.45, 7) is 1.80. The Labute approximate surface area is 79.0 Å². The highest BCUT2D eigenvalue weighted by Crippen LogP contribution is 2.23. The van der Waals surface area contributed by atoms with Crippen molar-refractivity contribution in [3.8, 4) is 0 Å². The average molecular weight is 196 g/mol. The van der Waals surface area contributed by atoms with Gasteiger partial charge in [-0.15, -0.1) is 0 Å². The van der Waals surface area contributed by atoms with Gasteiger partial charge in [-0.3, -0.25) is 0 Å². The van der Waals surface area contributed by atoms with Crippen LogP contribution in [0, 0.1) is 24.4 Å². The van der Waals surface area contributed by atoms with Crippen molar-refractivity contribution in [2.45, 2.75) is 6.92 Å². The highest BCUT2D eigenvalue weighted by atomic mass is 19.2. The molecule has 2 aromatic carbocycles. The minimum Gasteiger partial charge on any atom is -0.204 e. The van der Waals surface area contributed by atoms with E-state index in [2.05, 4.69) is 0 Å². The van der Waals surface area contributed by atoms with E-state index < -0.39 is 17.5 Å². The summed E-state index contributed by atoms with van der Waals surface area (Å²) in [6.07, 6.45) is 0. The minimum absolute atomic E-state index is 0.106. The largest absolute Gasteiger partial charge is 0.204 e. The Balaban J connectivity index is 2.91. The lowest BCUT2D eigenvalue weighted by atomic mass is 10.1. The molecule has 0 N–H and O–H groups in total. The van der Waals surface area contributed by atoms with E-state index in [1.54, 1.807) is 19.1 Å². The molecule has 0 aliphatic heterocycles. The van der Waals surface area contributed by atoms with Gasteiger partial charge in [0.1, 0.15) is 0 Å². The zero-order valence-corrected chi connectivity index (χ0v) is 7.44. The first-order chi connectivity index (χ1) is 6.59. The van der Waals surface area contributed by atoms with E-state index in [1.165, 1.54) is 6.07 Å². The summed E-state index contributed by atoms with van der Waals surface area (Å²) in [4.78, 5) is 0. The number of aryl methyl sites for hydroxylation is 1. The molecule has 0 aliphatic rings. The summed E-state index contributed by atoms with van der Waals surface area (Å²) >= 11 is 0. The highest BCUT2D eigenvalue weighted by Gasteiger charge is 2.12. The van der Waals surface area contributed by atoms with Crippen LogP contribution in [-0.4, -0.2) is 0 Å². The second-order valence-corrected chi connectivity index (χ2v) is 3.21. The molecule has 3 heteroatoms. The molecule has 0 atom stereocenters. The van der Waals surface area contributed by atoms with Crippen LogP contribution in [0.4, 0.5) is 13.2 Å². The molecule has 0 bridgehead atoms. The summed E-state index contributed by atoms with van der Waals surface area (Å²) < 4.78 is 38.8. The maximum absolute atomic E-state index is 13.2. The maximum atomic E-state index is 13.2. The molecule has 0 amide bonds. The molecule has 0 fully saturated rings. The normalized spacial score (nSPS) is 10.9. The van der Waals surface area contributed by atoms with Crippen LogP contribution < -0.4 is 0 Å². The molecule has 0 aromatic heterocycles. The first-order valence-corrected chi connectivity index (χ1v) is 4.13. The highest BCUT2D eigenvalue weighted by molar-refractivity contribution is 5.83. The zero-order valence-electron chi connectivity index (χ0n) is 7.44. The zero-order chi connectivity index (χ0) is 10.3. The number of hydrogen-bond donors (Lipinski definition) is 0. The Morgan fingerprint density at radius 2 is 1.64 bits per heavy atom. The van der Waals surface area contributed by atoms with Gasteiger partial charge in [0.05, 0.1) is 0 Å². The second-order valence-electron chi connectivity index (χ2n) is 3.21. The van der Waals surface area contributed by atoms with Gasteiger partial charge in [-0.25, -0.2) is 13.2 Å². The fourth-order valence-electron chi connectivity index (χ4n) is 1.42. The molecule has 0 radical (unpaired) electrons. The smallest absolute Gasteiger partial charge is 0.195 e. The third-order valence-electron chi connectivity index (χ3n) is 2.13.